The van der Waals surface area contributed by atoms with E-state index in [-0.39, 0.29) is 16.9 Å². The van der Waals surface area contributed by atoms with E-state index in [0.29, 0.717) is 0 Å². The molecule has 0 atom stereocenters. The lowest BCUT2D eigenvalue weighted by Crippen LogP contribution is -2.37. The summed E-state index contributed by atoms with van der Waals surface area (Å²) in [6.07, 6.45) is 9.81. The van der Waals surface area contributed by atoms with Crippen molar-refractivity contribution in [1.29, 1.82) is 0 Å². The second kappa shape index (κ2) is 6.16. The first-order valence-electron chi connectivity index (χ1n) is 8.88. The minimum atomic E-state index is -1.18. The highest BCUT2D eigenvalue weighted by molar-refractivity contribution is 7.78. The molecule has 1 saturated heterocycles. The first-order valence-corrected chi connectivity index (χ1v) is 11.2. The van der Waals surface area contributed by atoms with Crippen LogP contribution in [-0.2, 0) is 4.79 Å². The van der Waals surface area contributed by atoms with Gasteiger partial charge >= 0.3 is 0 Å². The maximum atomic E-state index is 13.5. The summed E-state index contributed by atoms with van der Waals surface area (Å²) in [7, 11) is -1.18. The lowest BCUT2D eigenvalue weighted by atomic mass is 10.1. The van der Waals surface area contributed by atoms with Gasteiger partial charge in [-0.05, 0) is 63.3 Å². The molecule has 126 valence electrons. The van der Waals surface area contributed by atoms with Crippen molar-refractivity contribution in [2.75, 3.05) is 23.8 Å². The average Bonchev–Trinajstić information content (AvgIpc) is 3.33. The molecule has 2 nitrogen and oxygen atoms in total. The van der Waals surface area contributed by atoms with Crippen molar-refractivity contribution in [2.24, 2.45) is 0 Å². The van der Waals surface area contributed by atoms with E-state index >= 15 is 0 Å². The summed E-state index contributed by atoms with van der Waals surface area (Å²) in [6.45, 7) is 6.04. The molecule has 0 unspecified atom stereocenters. The van der Waals surface area contributed by atoms with Crippen LogP contribution >= 0.6 is 7.26 Å². The predicted octanol–water partition coefficient (Wildman–Crippen LogP) is 5.14. The molecule has 1 N–H and O–H groups in total. The fourth-order valence-electron chi connectivity index (χ4n) is 4.54. The minimum absolute atomic E-state index is 0.0740. The van der Waals surface area contributed by atoms with Crippen LogP contribution in [0.15, 0.2) is 12.1 Å². The Balaban J connectivity index is 1.86. The van der Waals surface area contributed by atoms with Gasteiger partial charge in [-0.1, -0.05) is 0 Å². The predicted molar refractivity (Wildman–Crippen MR) is 97.5 cm³/mol. The van der Waals surface area contributed by atoms with Gasteiger partial charge in [0.05, 0.1) is 18.5 Å². The number of aryl methyl sites for hydroxylation is 2. The molecule has 0 spiro atoms. The number of hydrogen-bond donors (Lipinski definition) is 1. The number of carbonyl (C=O) groups excluding carboxylic acids is 1. The van der Waals surface area contributed by atoms with E-state index in [0.717, 1.165) is 29.7 Å². The molecule has 0 radical (unpaired) electrons. The molecule has 3 rings (SSSR count). The van der Waals surface area contributed by atoms with Gasteiger partial charge in [0.15, 0.2) is 5.16 Å². The lowest BCUT2D eigenvalue weighted by molar-refractivity contribution is -0.116. The van der Waals surface area contributed by atoms with E-state index in [4.69, 9.17) is 0 Å². The van der Waals surface area contributed by atoms with Crippen LogP contribution in [-0.4, -0.2) is 29.5 Å². The maximum Gasteiger partial charge on any atom is 0.268 e. The maximum absolute atomic E-state index is 13.5. The van der Waals surface area contributed by atoms with Crippen molar-refractivity contribution in [3.63, 3.8) is 0 Å². The molecule has 1 aromatic carbocycles. The Morgan fingerprint density at radius 1 is 1.17 bits per heavy atom. The van der Waals surface area contributed by atoms with Gasteiger partial charge < -0.3 is 5.32 Å². The Bertz CT molecular complexity index is 595. The number of halogens is 1. The Morgan fingerprint density at radius 3 is 2.22 bits per heavy atom. The van der Waals surface area contributed by atoms with Crippen molar-refractivity contribution in [3.05, 3.63) is 29.1 Å². The molecule has 1 aliphatic carbocycles. The van der Waals surface area contributed by atoms with Crippen LogP contribution in [0.25, 0.3) is 0 Å². The molecule has 1 heterocycles. The van der Waals surface area contributed by atoms with E-state index in [9.17, 15) is 9.18 Å². The third kappa shape index (κ3) is 2.82. The largest absolute Gasteiger partial charge is 0.322 e. The lowest BCUT2D eigenvalue weighted by Gasteiger charge is -2.36. The van der Waals surface area contributed by atoms with Gasteiger partial charge in [0, 0.05) is 25.8 Å². The first kappa shape index (κ1) is 16.9. The van der Waals surface area contributed by atoms with Crippen LogP contribution in [0.2, 0.25) is 0 Å². The zero-order valence-corrected chi connectivity index (χ0v) is 15.4. The van der Waals surface area contributed by atoms with Crippen LogP contribution in [0.5, 0.6) is 0 Å². The summed E-state index contributed by atoms with van der Waals surface area (Å²) in [4.78, 5) is 13.2. The molecule has 2 aliphatic rings. The van der Waals surface area contributed by atoms with Crippen molar-refractivity contribution in [2.45, 2.75) is 58.0 Å². The van der Waals surface area contributed by atoms with E-state index in [2.05, 4.69) is 12.2 Å². The standard InChI is InChI=1S/C19H27FNOP/c1-4-23(10-6-5-7-11-23)19(8-9-19)18(22)21-17-14(2)12-16(20)13-15(17)3/h12-13H,4-11H2,1-3H3/p+1. The summed E-state index contributed by atoms with van der Waals surface area (Å²) < 4.78 is 13.5. The van der Waals surface area contributed by atoms with Crippen LogP contribution in [0, 0.1) is 19.7 Å². The molecule has 0 aromatic heterocycles. The Labute approximate surface area is 139 Å². The van der Waals surface area contributed by atoms with E-state index < -0.39 is 7.26 Å². The van der Waals surface area contributed by atoms with Gasteiger partial charge in [-0.25, -0.2) is 4.39 Å². The van der Waals surface area contributed by atoms with Gasteiger partial charge in [0.2, 0.25) is 0 Å². The summed E-state index contributed by atoms with van der Waals surface area (Å²) in [5.74, 6) is -0.0173. The normalized spacial score (nSPS) is 21.7. The highest BCUT2D eigenvalue weighted by Gasteiger charge is 2.69. The SMILES string of the molecule is CC[P+]1(C2(C(=O)Nc3c(C)cc(F)cc3C)CC2)CCCCC1. The number of nitrogens with one attached hydrogen (secondary N) is 1. The van der Waals surface area contributed by atoms with E-state index in [1.165, 1.54) is 49.9 Å². The third-order valence-corrected chi connectivity index (χ3v) is 12.1. The second-order valence-corrected chi connectivity index (χ2v) is 12.0. The Kier molecular flexibility index (Phi) is 4.53. The van der Waals surface area contributed by atoms with Crippen LogP contribution in [0.4, 0.5) is 10.1 Å². The third-order valence-electron chi connectivity index (χ3n) is 6.07. The number of benzene rings is 1. The zero-order chi connectivity index (χ0) is 16.7. The summed E-state index contributed by atoms with van der Waals surface area (Å²) in [5, 5.41) is 3.11. The van der Waals surface area contributed by atoms with Gasteiger partial charge in [0.25, 0.3) is 5.91 Å². The van der Waals surface area contributed by atoms with Crippen LogP contribution in [0.1, 0.15) is 50.2 Å². The smallest absolute Gasteiger partial charge is 0.268 e. The quantitative estimate of drug-likeness (QED) is 0.758. The zero-order valence-electron chi connectivity index (χ0n) is 14.5. The van der Waals surface area contributed by atoms with Crippen molar-refractivity contribution in [1.82, 2.24) is 0 Å². The van der Waals surface area contributed by atoms with Gasteiger partial charge in [-0.3, -0.25) is 4.79 Å². The van der Waals surface area contributed by atoms with Gasteiger partial charge in [0.1, 0.15) is 5.82 Å². The molecule has 0 bridgehead atoms. The number of anilines is 1. The van der Waals surface area contributed by atoms with Crippen molar-refractivity contribution >= 4 is 18.9 Å². The molecule has 1 amide bonds. The van der Waals surface area contributed by atoms with Crippen molar-refractivity contribution in [3.8, 4) is 0 Å². The molecule has 1 saturated carbocycles. The number of rotatable bonds is 4. The first-order chi connectivity index (χ1) is 10.9. The number of carbonyl (C=O) groups is 1. The summed E-state index contributed by atoms with van der Waals surface area (Å²) >= 11 is 0. The molecule has 23 heavy (non-hydrogen) atoms. The Hall–Kier alpha value is -0.950. The molecule has 1 aromatic rings. The van der Waals surface area contributed by atoms with E-state index in [1.54, 1.807) is 0 Å². The fourth-order valence-corrected chi connectivity index (χ4v) is 10.1. The topological polar surface area (TPSA) is 29.1 Å². The fraction of sp³-hybridized carbons (Fsp3) is 0.632. The summed E-state index contributed by atoms with van der Waals surface area (Å²) in [6, 6.07) is 3.01. The number of amides is 1. The molecule has 4 heteroatoms. The molecular formula is C19H28FNOP+. The van der Waals surface area contributed by atoms with Gasteiger partial charge in [-0.2, -0.15) is 0 Å². The average molecular weight is 336 g/mol. The highest BCUT2D eigenvalue weighted by Crippen LogP contribution is 2.79. The second-order valence-electron chi connectivity index (χ2n) is 7.37. The molecule has 1 aliphatic heterocycles. The van der Waals surface area contributed by atoms with Crippen LogP contribution in [0.3, 0.4) is 0 Å². The number of hydrogen-bond acceptors (Lipinski definition) is 1. The Morgan fingerprint density at radius 2 is 1.74 bits per heavy atom. The summed E-state index contributed by atoms with van der Waals surface area (Å²) in [5.41, 5.74) is 2.45. The molecule has 2 fully saturated rings. The molecular weight excluding hydrogens is 308 g/mol. The van der Waals surface area contributed by atoms with Crippen LogP contribution < -0.4 is 5.32 Å². The van der Waals surface area contributed by atoms with Gasteiger partial charge in [-0.15, -0.1) is 0 Å². The highest BCUT2D eigenvalue weighted by atomic mass is 31.2. The van der Waals surface area contributed by atoms with Crippen molar-refractivity contribution < 1.29 is 9.18 Å². The monoisotopic (exact) mass is 336 g/mol. The minimum Gasteiger partial charge on any atom is -0.322 e. The van der Waals surface area contributed by atoms with E-state index in [1.807, 2.05) is 13.8 Å².